The fourth-order valence-corrected chi connectivity index (χ4v) is 7.19. The number of aromatic nitrogens is 1. The third kappa shape index (κ3) is 5.54. The number of carbonyl (C=O) groups is 3. The molecule has 2 aromatic heterocycles. The maximum absolute atomic E-state index is 13.5. The Hall–Kier alpha value is -3.71. The van der Waals surface area contributed by atoms with Gasteiger partial charge in [-0.15, -0.1) is 11.3 Å². The number of amides is 4. The molecule has 0 aliphatic carbocycles. The third-order valence-electron chi connectivity index (χ3n) is 7.07. The fraction of sp³-hybridized carbons (Fsp3) is 0.448. The van der Waals surface area contributed by atoms with Crippen molar-refractivity contribution in [2.75, 3.05) is 23.3 Å². The second-order valence-corrected chi connectivity index (χ2v) is 16.1. The van der Waals surface area contributed by atoms with Gasteiger partial charge < -0.3 is 20.3 Å². The van der Waals surface area contributed by atoms with Crippen LogP contribution >= 0.6 is 11.3 Å². The van der Waals surface area contributed by atoms with E-state index in [9.17, 15) is 22.8 Å². The second-order valence-electron chi connectivity index (χ2n) is 12.4. The highest BCUT2D eigenvalue weighted by atomic mass is 32.2. The molecule has 0 radical (unpaired) electrons. The van der Waals surface area contributed by atoms with Crippen LogP contribution in [0.1, 0.15) is 64.1 Å². The summed E-state index contributed by atoms with van der Waals surface area (Å²) in [6.45, 7) is 11.2. The van der Waals surface area contributed by atoms with E-state index in [4.69, 9.17) is 4.74 Å². The lowest BCUT2D eigenvalue weighted by atomic mass is 10.1. The molecule has 1 fully saturated rings. The molecule has 4 amide bonds. The summed E-state index contributed by atoms with van der Waals surface area (Å²) in [6.07, 6.45) is 2.58. The van der Waals surface area contributed by atoms with Gasteiger partial charge in [0.2, 0.25) is 0 Å². The van der Waals surface area contributed by atoms with Crippen LogP contribution in [0, 0.1) is 0 Å². The number of nitrogens with zero attached hydrogens (tertiary/aromatic N) is 3. The molecular weight excluding hydrogens is 578 g/mol. The zero-order chi connectivity index (χ0) is 30.6. The second kappa shape index (κ2) is 10.5. The number of thiophene rings is 1. The smallest absolute Gasteiger partial charge is 0.410 e. The SMILES string of the molecule is CC(C)(C)OC(=O)N1CCC[C@@H](NC(=O)c2sc3nccc4c3c2NC(=O)N4c2ccc(S(=O)(=O)C(C)(C)C)cc2)C1. The first-order valence-corrected chi connectivity index (χ1v) is 16.0. The normalized spacial score (nSPS) is 17.7. The molecule has 13 heteroatoms. The highest BCUT2D eigenvalue weighted by molar-refractivity contribution is 7.92. The molecule has 4 heterocycles. The first kappa shape index (κ1) is 29.8. The summed E-state index contributed by atoms with van der Waals surface area (Å²) in [7, 11) is -3.56. The molecule has 2 aliphatic heterocycles. The van der Waals surface area contributed by atoms with E-state index in [1.165, 1.54) is 28.4 Å². The van der Waals surface area contributed by atoms with Gasteiger partial charge in [-0.2, -0.15) is 0 Å². The molecule has 2 N–H and O–H groups in total. The topological polar surface area (TPSA) is 138 Å². The number of sulfone groups is 1. The van der Waals surface area contributed by atoms with Gasteiger partial charge in [0.25, 0.3) is 5.91 Å². The van der Waals surface area contributed by atoms with Crippen molar-refractivity contribution in [3.05, 3.63) is 41.4 Å². The number of hydrogen-bond donors (Lipinski definition) is 2. The number of benzene rings is 1. The van der Waals surface area contributed by atoms with Crippen LogP contribution in [0.15, 0.2) is 41.4 Å². The van der Waals surface area contributed by atoms with Gasteiger partial charge in [0, 0.05) is 25.3 Å². The number of hydrogen-bond acceptors (Lipinski definition) is 8. The van der Waals surface area contributed by atoms with Crippen LogP contribution in [0.2, 0.25) is 0 Å². The fourth-order valence-electron chi connectivity index (χ4n) is 4.97. The van der Waals surface area contributed by atoms with Crippen LogP contribution < -0.4 is 15.5 Å². The summed E-state index contributed by atoms with van der Waals surface area (Å²) < 4.78 is 30.3. The van der Waals surface area contributed by atoms with Crippen molar-refractivity contribution >= 4 is 66.5 Å². The molecule has 0 saturated carbocycles. The number of ether oxygens (including phenoxy) is 1. The van der Waals surface area contributed by atoms with Crippen molar-refractivity contribution in [3.63, 3.8) is 0 Å². The summed E-state index contributed by atoms with van der Waals surface area (Å²) in [5.41, 5.74) is 0.772. The highest BCUT2D eigenvalue weighted by Crippen LogP contribution is 2.46. The molecule has 0 unspecified atom stereocenters. The Kier molecular flexibility index (Phi) is 7.46. The van der Waals surface area contributed by atoms with E-state index in [0.717, 1.165) is 6.42 Å². The maximum atomic E-state index is 13.5. The first-order chi connectivity index (χ1) is 19.6. The van der Waals surface area contributed by atoms with Crippen LogP contribution in [0.25, 0.3) is 10.2 Å². The Morgan fingerprint density at radius 2 is 1.79 bits per heavy atom. The summed E-state index contributed by atoms with van der Waals surface area (Å²) >= 11 is 1.17. The first-order valence-electron chi connectivity index (χ1n) is 13.7. The van der Waals surface area contributed by atoms with E-state index in [2.05, 4.69) is 15.6 Å². The monoisotopic (exact) mass is 613 g/mol. The van der Waals surface area contributed by atoms with Crippen molar-refractivity contribution in [1.29, 1.82) is 0 Å². The third-order valence-corrected chi connectivity index (χ3v) is 10.7. The Balaban J connectivity index is 1.41. The zero-order valence-electron chi connectivity index (χ0n) is 24.5. The van der Waals surface area contributed by atoms with Gasteiger partial charge >= 0.3 is 12.1 Å². The molecule has 224 valence electrons. The van der Waals surface area contributed by atoms with Crippen molar-refractivity contribution in [3.8, 4) is 0 Å². The Morgan fingerprint density at radius 3 is 2.43 bits per heavy atom. The standard InChI is InChI=1S/C29H35N5O6S2/c1-28(2,3)40-27(37)33-15-7-8-17(16-33)31-24(35)23-22-21-20(13-14-30-25(21)41-23)34(26(36)32-22)18-9-11-19(12-10-18)42(38,39)29(4,5)6/h9-14,17H,7-8,15-16H2,1-6H3,(H,31,35)(H,32,36)/t17-/m1/s1. The predicted molar refractivity (Wildman–Crippen MR) is 162 cm³/mol. The summed E-state index contributed by atoms with van der Waals surface area (Å²) in [6, 6.07) is 7.11. The van der Waals surface area contributed by atoms with Gasteiger partial charge in [0.15, 0.2) is 9.84 Å². The molecule has 1 atom stereocenters. The molecule has 0 bridgehead atoms. The molecular formula is C29H35N5O6S2. The van der Waals surface area contributed by atoms with Crippen LogP contribution in [0.5, 0.6) is 0 Å². The molecule has 42 heavy (non-hydrogen) atoms. The molecule has 5 rings (SSSR count). The maximum Gasteiger partial charge on any atom is 0.410 e. The van der Waals surface area contributed by atoms with E-state index < -0.39 is 32.3 Å². The minimum Gasteiger partial charge on any atom is -0.444 e. The number of carbonyl (C=O) groups excluding carboxylic acids is 3. The number of likely N-dealkylation sites (tertiary alicyclic amines) is 1. The van der Waals surface area contributed by atoms with E-state index in [-0.39, 0.29) is 16.8 Å². The quantitative estimate of drug-likeness (QED) is 0.386. The van der Waals surface area contributed by atoms with Crippen LogP contribution in [0.3, 0.4) is 0 Å². The van der Waals surface area contributed by atoms with Crippen molar-refractivity contribution < 1.29 is 27.5 Å². The van der Waals surface area contributed by atoms with E-state index >= 15 is 0 Å². The van der Waals surface area contributed by atoms with Gasteiger partial charge in [0.05, 0.1) is 32.1 Å². The molecule has 1 aromatic carbocycles. The van der Waals surface area contributed by atoms with Crippen LogP contribution in [-0.4, -0.2) is 65.8 Å². The van der Waals surface area contributed by atoms with E-state index in [1.807, 2.05) is 20.8 Å². The van der Waals surface area contributed by atoms with Gasteiger partial charge in [0.1, 0.15) is 15.3 Å². The average Bonchev–Trinajstić information content (AvgIpc) is 3.27. The predicted octanol–water partition coefficient (Wildman–Crippen LogP) is 5.68. The van der Waals surface area contributed by atoms with Crippen LogP contribution in [-0.2, 0) is 14.6 Å². The van der Waals surface area contributed by atoms with E-state index in [0.29, 0.717) is 51.7 Å². The highest BCUT2D eigenvalue weighted by Gasteiger charge is 2.35. The van der Waals surface area contributed by atoms with Gasteiger partial charge in [-0.25, -0.2) is 23.0 Å². The van der Waals surface area contributed by atoms with Crippen molar-refractivity contribution in [1.82, 2.24) is 15.2 Å². The average molecular weight is 614 g/mol. The van der Waals surface area contributed by atoms with Crippen molar-refractivity contribution in [2.24, 2.45) is 0 Å². The summed E-state index contributed by atoms with van der Waals surface area (Å²) in [5, 5.41) is 6.50. The molecule has 3 aromatic rings. The largest absolute Gasteiger partial charge is 0.444 e. The van der Waals surface area contributed by atoms with Crippen LogP contribution in [0.4, 0.5) is 26.7 Å². The zero-order valence-corrected chi connectivity index (χ0v) is 26.1. The summed E-state index contributed by atoms with van der Waals surface area (Å²) in [4.78, 5) is 48.0. The molecule has 2 aliphatic rings. The number of pyridine rings is 1. The van der Waals surface area contributed by atoms with Gasteiger partial charge in [-0.3, -0.25) is 9.69 Å². The number of piperidine rings is 1. The molecule has 11 nitrogen and oxygen atoms in total. The minimum atomic E-state index is -3.56. The summed E-state index contributed by atoms with van der Waals surface area (Å²) in [5.74, 6) is -0.361. The lowest BCUT2D eigenvalue weighted by molar-refractivity contribution is 0.0185. The van der Waals surface area contributed by atoms with Gasteiger partial charge in [-0.1, -0.05) is 0 Å². The van der Waals surface area contributed by atoms with E-state index in [1.54, 1.807) is 50.1 Å². The lowest BCUT2D eigenvalue weighted by Gasteiger charge is -2.34. The lowest BCUT2D eigenvalue weighted by Crippen LogP contribution is -2.50. The Labute approximate surface area is 249 Å². The molecule has 0 spiro atoms. The Bertz CT molecular complexity index is 1670. The number of urea groups is 1. The van der Waals surface area contributed by atoms with Crippen molar-refractivity contribution in [2.45, 2.75) is 75.7 Å². The molecule has 1 saturated heterocycles. The number of nitrogens with one attached hydrogen (secondary N) is 2. The minimum absolute atomic E-state index is 0.166. The van der Waals surface area contributed by atoms with Gasteiger partial charge in [-0.05, 0) is 84.7 Å². The number of anilines is 3. The number of rotatable bonds is 4. The Morgan fingerprint density at radius 1 is 1.10 bits per heavy atom.